The van der Waals surface area contributed by atoms with Crippen LogP contribution in [0.4, 0.5) is 14.9 Å². The number of aryl methyl sites for hydroxylation is 1. The molecule has 2 amide bonds. The third-order valence-electron chi connectivity index (χ3n) is 5.36. The van der Waals surface area contributed by atoms with Gasteiger partial charge in [-0.05, 0) is 19.4 Å². The van der Waals surface area contributed by atoms with Crippen molar-refractivity contribution >= 4 is 17.7 Å². The first-order valence-electron chi connectivity index (χ1n) is 10.7. The van der Waals surface area contributed by atoms with Crippen LogP contribution in [0.15, 0.2) is 59.4 Å². The molecule has 0 spiro atoms. The number of amides is 2. The first-order valence-corrected chi connectivity index (χ1v) is 10.7. The van der Waals surface area contributed by atoms with Crippen molar-refractivity contribution in [2.75, 3.05) is 11.9 Å². The van der Waals surface area contributed by atoms with Crippen LogP contribution in [0, 0.1) is 12.7 Å². The molecule has 3 aromatic rings. The number of nitrogens with one attached hydrogen (secondary N) is 2. The monoisotopic (exact) mass is 467 g/mol. The maximum absolute atomic E-state index is 15.5. The Labute approximate surface area is 196 Å². The van der Waals surface area contributed by atoms with E-state index in [0.717, 1.165) is 0 Å². The molecule has 34 heavy (non-hydrogen) atoms. The molecule has 0 bridgehead atoms. The molecule has 0 radical (unpaired) electrons. The molecule has 0 saturated heterocycles. The minimum Gasteiger partial charge on any atom is -0.505 e. The number of ether oxygens (including phenoxy) is 1. The lowest BCUT2D eigenvalue weighted by atomic mass is 9.97. The van der Waals surface area contributed by atoms with E-state index in [0.29, 0.717) is 16.8 Å². The van der Waals surface area contributed by atoms with Crippen molar-refractivity contribution in [1.29, 1.82) is 0 Å². The molecule has 0 aliphatic rings. The summed E-state index contributed by atoms with van der Waals surface area (Å²) in [5, 5.41) is 15.0. The third-order valence-corrected chi connectivity index (χ3v) is 5.36. The van der Waals surface area contributed by atoms with Crippen LogP contribution >= 0.6 is 0 Å². The molecule has 9 heteroatoms. The Bertz CT molecular complexity index is 1260. The molecule has 0 aliphatic heterocycles. The number of aromatic nitrogens is 1. The van der Waals surface area contributed by atoms with E-state index in [1.807, 2.05) is 6.07 Å². The van der Waals surface area contributed by atoms with Gasteiger partial charge in [-0.1, -0.05) is 48.5 Å². The number of esters is 1. The molecule has 3 N–H and O–H groups in total. The van der Waals surface area contributed by atoms with Crippen molar-refractivity contribution in [2.24, 2.45) is 7.05 Å². The molecule has 1 heterocycles. The number of urea groups is 1. The van der Waals surface area contributed by atoms with Gasteiger partial charge in [-0.3, -0.25) is 9.59 Å². The molecule has 3 rings (SSSR count). The Hall–Kier alpha value is -4.14. The van der Waals surface area contributed by atoms with Crippen LogP contribution in [0.3, 0.4) is 0 Å². The molecule has 2 aromatic carbocycles. The first kappa shape index (κ1) is 24.5. The fourth-order valence-corrected chi connectivity index (χ4v) is 3.51. The molecule has 0 unspecified atom stereocenters. The van der Waals surface area contributed by atoms with Gasteiger partial charge in [-0.25, -0.2) is 9.18 Å². The molecular weight excluding hydrogens is 441 g/mol. The number of rotatable bonds is 7. The number of carbonyl (C=O) groups excluding carboxylic acids is 2. The predicted octanol–water partition coefficient (Wildman–Crippen LogP) is 4.02. The second-order valence-corrected chi connectivity index (χ2v) is 7.65. The number of hydrogen-bond donors (Lipinski definition) is 3. The molecule has 1 atom stereocenters. The highest BCUT2D eigenvalue weighted by molar-refractivity contribution is 5.91. The average Bonchev–Trinajstić information content (AvgIpc) is 2.81. The normalized spacial score (nSPS) is 11.5. The van der Waals surface area contributed by atoms with Crippen molar-refractivity contribution < 1.29 is 23.8 Å². The summed E-state index contributed by atoms with van der Waals surface area (Å²) < 4.78 is 21.8. The van der Waals surface area contributed by atoms with Gasteiger partial charge in [-0.2, -0.15) is 0 Å². The summed E-state index contributed by atoms with van der Waals surface area (Å²) in [6.45, 7) is 3.39. The maximum Gasteiger partial charge on any atom is 0.319 e. The van der Waals surface area contributed by atoms with Crippen LogP contribution in [0.1, 0.15) is 30.6 Å². The largest absolute Gasteiger partial charge is 0.505 e. The average molecular weight is 467 g/mol. The lowest BCUT2D eigenvalue weighted by Crippen LogP contribution is -2.36. The van der Waals surface area contributed by atoms with Gasteiger partial charge in [-0.15, -0.1) is 0 Å². The number of halogens is 1. The number of pyridine rings is 1. The van der Waals surface area contributed by atoms with E-state index in [1.165, 1.54) is 23.7 Å². The molecule has 1 aromatic heterocycles. The summed E-state index contributed by atoms with van der Waals surface area (Å²) >= 11 is 0. The number of anilines is 1. The van der Waals surface area contributed by atoms with Crippen LogP contribution in [0.2, 0.25) is 0 Å². The fraction of sp³-hybridized carbons (Fsp3) is 0.240. The summed E-state index contributed by atoms with van der Waals surface area (Å²) in [4.78, 5) is 37.4. The second-order valence-electron chi connectivity index (χ2n) is 7.65. The van der Waals surface area contributed by atoms with Gasteiger partial charge in [0, 0.05) is 29.9 Å². The number of hydrogen-bond acceptors (Lipinski definition) is 5. The predicted molar refractivity (Wildman–Crippen MR) is 126 cm³/mol. The SMILES string of the molecule is CCOC(=O)C[C@H](NC(=O)Nc1c(O)cc(C)n(C)c1=O)c1cccc(-c2ccccc2)c1F. The second kappa shape index (κ2) is 10.7. The van der Waals surface area contributed by atoms with E-state index < -0.39 is 35.2 Å². The Morgan fingerprint density at radius 1 is 1.15 bits per heavy atom. The van der Waals surface area contributed by atoms with E-state index >= 15 is 4.39 Å². The highest BCUT2D eigenvalue weighted by Crippen LogP contribution is 2.30. The van der Waals surface area contributed by atoms with E-state index in [4.69, 9.17) is 4.74 Å². The quantitative estimate of drug-likeness (QED) is 0.455. The van der Waals surface area contributed by atoms with E-state index in [9.17, 15) is 19.5 Å². The first-order chi connectivity index (χ1) is 16.2. The molecule has 0 fully saturated rings. The fourth-order valence-electron chi connectivity index (χ4n) is 3.51. The highest BCUT2D eigenvalue weighted by Gasteiger charge is 2.25. The van der Waals surface area contributed by atoms with Crippen molar-refractivity contribution in [1.82, 2.24) is 9.88 Å². The van der Waals surface area contributed by atoms with Crippen LogP contribution in [0.5, 0.6) is 5.75 Å². The van der Waals surface area contributed by atoms with Gasteiger partial charge in [0.1, 0.15) is 11.6 Å². The Morgan fingerprint density at radius 3 is 2.53 bits per heavy atom. The molecule has 8 nitrogen and oxygen atoms in total. The minimum absolute atomic E-state index is 0.0746. The van der Waals surface area contributed by atoms with Gasteiger partial charge in [0.2, 0.25) is 0 Å². The highest BCUT2D eigenvalue weighted by atomic mass is 19.1. The smallest absolute Gasteiger partial charge is 0.319 e. The Kier molecular flexibility index (Phi) is 7.68. The molecular formula is C25H26FN3O5. The van der Waals surface area contributed by atoms with Crippen molar-refractivity contribution in [2.45, 2.75) is 26.3 Å². The number of benzene rings is 2. The van der Waals surface area contributed by atoms with E-state index in [-0.39, 0.29) is 24.3 Å². The van der Waals surface area contributed by atoms with E-state index in [1.54, 1.807) is 50.2 Å². The number of carbonyl (C=O) groups is 2. The van der Waals surface area contributed by atoms with Crippen molar-refractivity contribution in [3.05, 3.63) is 82.0 Å². The lowest BCUT2D eigenvalue weighted by Gasteiger charge is -2.21. The summed E-state index contributed by atoms with van der Waals surface area (Å²) in [6.07, 6.45) is -0.339. The van der Waals surface area contributed by atoms with Crippen LogP contribution in [-0.4, -0.2) is 28.3 Å². The van der Waals surface area contributed by atoms with Gasteiger partial charge in [0.25, 0.3) is 5.56 Å². The number of nitrogens with zero attached hydrogens (tertiary/aromatic N) is 1. The van der Waals surface area contributed by atoms with E-state index in [2.05, 4.69) is 10.6 Å². The standard InChI is InChI=1S/C25H26FN3O5/c1-4-34-21(31)14-19(18-12-8-11-17(22(18)26)16-9-6-5-7-10-16)27-25(33)28-23-20(30)13-15(2)29(3)24(23)32/h5-13,19,30H,4,14H2,1-3H3,(H2,27,28,33)/t19-/m0/s1. The zero-order valence-corrected chi connectivity index (χ0v) is 19.1. The summed E-state index contributed by atoms with van der Waals surface area (Å²) in [5.74, 6) is -1.64. The topological polar surface area (TPSA) is 110 Å². The van der Waals surface area contributed by atoms with Gasteiger partial charge < -0.3 is 25.0 Å². The molecule has 0 aliphatic carbocycles. The third kappa shape index (κ3) is 5.43. The molecule has 178 valence electrons. The van der Waals surface area contributed by atoms with Gasteiger partial charge >= 0.3 is 12.0 Å². The summed E-state index contributed by atoms with van der Waals surface area (Å²) in [6, 6.07) is 12.9. The van der Waals surface area contributed by atoms with Crippen molar-refractivity contribution in [3.8, 4) is 16.9 Å². The zero-order valence-electron chi connectivity index (χ0n) is 19.1. The number of aromatic hydroxyl groups is 1. The van der Waals surface area contributed by atoms with Crippen molar-refractivity contribution in [3.63, 3.8) is 0 Å². The lowest BCUT2D eigenvalue weighted by molar-refractivity contribution is -0.143. The Balaban J connectivity index is 1.94. The zero-order chi connectivity index (χ0) is 24.8. The minimum atomic E-state index is -1.10. The van der Waals surface area contributed by atoms with Gasteiger partial charge in [0.05, 0.1) is 19.1 Å². The van der Waals surface area contributed by atoms with Crippen LogP contribution in [-0.2, 0) is 16.6 Å². The Morgan fingerprint density at radius 2 is 1.85 bits per heavy atom. The molecule has 0 saturated carbocycles. The van der Waals surface area contributed by atoms with Gasteiger partial charge in [0.15, 0.2) is 5.69 Å². The summed E-state index contributed by atoms with van der Waals surface area (Å²) in [7, 11) is 1.49. The van der Waals surface area contributed by atoms with Crippen LogP contribution < -0.4 is 16.2 Å². The summed E-state index contributed by atoms with van der Waals surface area (Å²) in [5.41, 5.74) is 0.554. The maximum atomic E-state index is 15.5. The van der Waals surface area contributed by atoms with Crippen LogP contribution in [0.25, 0.3) is 11.1 Å².